The fraction of sp³-hybridized carbons (Fsp3) is 0.286. The SMILES string of the molecule is O=C(c1cccc(=O)[nH]1)N1CCCCC1c1ncc(Cc2cccc(F)c2)o1. The molecule has 2 aromatic heterocycles. The van der Waals surface area contributed by atoms with Crippen LogP contribution in [0, 0.1) is 5.82 Å². The quantitative estimate of drug-likeness (QED) is 0.751. The summed E-state index contributed by atoms with van der Waals surface area (Å²) in [6.07, 6.45) is 4.64. The van der Waals surface area contributed by atoms with Gasteiger partial charge in [-0.15, -0.1) is 0 Å². The van der Waals surface area contributed by atoms with E-state index in [1.54, 1.807) is 29.3 Å². The van der Waals surface area contributed by atoms with Crippen LogP contribution in [0.3, 0.4) is 0 Å². The summed E-state index contributed by atoms with van der Waals surface area (Å²) in [4.78, 5) is 33.1. The molecule has 1 N–H and O–H groups in total. The van der Waals surface area contributed by atoms with Crippen molar-refractivity contribution in [1.29, 1.82) is 0 Å². The Balaban J connectivity index is 1.55. The highest BCUT2D eigenvalue weighted by molar-refractivity contribution is 5.92. The first kappa shape index (κ1) is 18.2. The number of rotatable bonds is 4. The van der Waals surface area contributed by atoms with Crippen molar-refractivity contribution in [3.8, 4) is 0 Å². The number of hydrogen-bond donors (Lipinski definition) is 1. The van der Waals surface area contributed by atoms with Crippen LogP contribution in [0.5, 0.6) is 0 Å². The van der Waals surface area contributed by atoms with Gasteiger partial charge >= 0.3 is 0 Å². The number of piperidine rings is 1. The third kappa shape index (κ3) is 3.88. The molecule has 3 heterocycles. The molecule has 1 atom stereocenters. The Labute approximate surface area is 161 Å². The van der Waals surface area contributed by atoms with E-state index in [0.29, 0.717) is 24.6 Å². The molecule has 0 aliphatic carbocycles. The van der Waals surface area contributed by atoms with Gasteiger partial charge in [0.25, 0.3) is 5.91 Å². The van der Waals surface area contributed by atoms with Gasteiger partial charge in [-0.3, -0.25) is 9.59 Å². The molecule has 0 bridgehead atoms. The Bertz CT molecular complexity index is 1040. The first-order valence-corrected chi connectivity index (χ1v) is 9.29. The van der Waals surface area contributed by atoms with Gasteiger partial charge in [-0.25, -0.2) is 9.37 Å². The minimum atomic E-state index is -0.312. The summed E-state index contributed by atoms with van der Waals surface area (Å²) >= 11 is 0. The minimum Gasteiger partial charge on any atom is -0.443 e. The molecule has 1 amide bonds. The molecular weight excluding hydrogens is 361 g/mol. The van der Waals surface area contributed by atoms with Gasteiger partial charge in [0, 0.05) is 19.0 Å². The highest BCUT2D eigenvalue weighted by Gasteiger charge is 2.32. The first-order chi connectivity index (χ1) is 13.6. The Morgan fingerprint density at radius 2 is 2.11 bits per heavy atom. The lowest BCUT2D eigenvalue weighted by Crippen LogP contribution is -2.39. The number of H-pyrrole nitrogens is 1. The molecule has 0 saturated carbocycles. The van der Waals surface area contributed by atoms with E-state index in [1.165, 1.54) is 18.2 Å². The summed E-state index contributed by atoms with van der Waals surface area (Å²) in [5.41, 5.74) is 0.736. The molecule has 0 spiro atoms. The Kier molecular flexibility index (Phi) is 5.06. The predicted molar refractivity (Wildman–Crippen MR) is 100 cm³/mol. The number of likely N-dealkylation sites (tertiary alicyclic amines) is 1. The maximum atomic E-state index is 13.4. The lowest BCUT2D eigenvalue weighted by atomic mass is 10.0. The number of halogens is 1. The minimum absolute atomic E-state index is 0.243. The van der Waals surface area contributed by atoms with Crippen molar-refractivity contribution in [3.63, 3.8) is 0 Å². The summed E-state index contributed by atoms with van der Waals surface area (Å²) in [7, 11) is 0. The van der Waals surface area contributed by atoms with Gasteiger partial charge in [-0.2, -0.15) is 0 Å². The van der Waals surface area contributed by atoms with Crippen molar-refractivity contribution in [1.82, 2.24) is 14.9 Å². The van der Waals surface area contributed by atoms with Gasteiger partial charge in [0.05, 0.1) is 6.20 Å². The summed E-state index contributed by atoms with van der Waals surface area (Å²) in [6.45, 7) is 0.571. The molecule has 4 rings (SSSR count). The van der Waals surface area contributed by atoms with Crippen LogP contribution in [0.2, 0.25) is 0 Å². The molecule has 1 aliphatic heterocycles. The second-order valence-corrected chi connectivity index (χ2v) is 6.91. The molecule has 1 aliphatic rings. The average molecular weight is 381 g/mol. The number of aromatic nitrogens is 2. The molecule has 7 heteroatoms. The number of aromatic amines is 1. The molecule has 1 unspecified atom stereocenters. The summed E-state index contributed by atoms with van der Waals surface area (Å²) in [6, 6.07) is 10.6. The first-order valence-electron chi connectivity index (χ1n) is 9.29. The predicted octanol–water partition coefficient (Wildman–Crippen LogP) is 3.46. The van der Waals surface area contributed by atoms with Crippen molar-refractivity contribution in [2.24, 2.45) is 0 Å². The summed E-state index contributed by atoms with van der Waals surface area (Å²) < 4.78 is 19.3. The number of benzene rings is 1. The standard InChI is InChI=1S/C21H20FN3O3/c22-15-6-3-5-14(11-15)12-16-13-23-20(28-16)18-8-1-2-10-25(18)21(27)17-7-4-9-19(26)24-17/h3-7,9,11,13,18H,1-2,8,10,12H2,(H,24,26). The van der Waals surface area contributed by atoms with E-state index in [1.807, 2.05) is 6.07 Å². The second kappa shape index (κ2) is 7.80. The Hall–Kier alpha value is -3.22. The molecular formula is C21H20FN3O3. The maximum absolute atomic E-state index is 13.4. The van der Waals surface area contributed by atoms with Crippen molar-refractivity contribution in [3.05, 3.63) is 87.7 Å². The van der Waals surface area contributed by atoms with E-state index in [2.05, 4.69) is 9.97 Å². The molecule has 28 heavy (non-hydrogen) atoms. The maximum Gasteiger partial charge on any atom is 0.271 e. The number of amides is 1. The fourth-order valence-corrected chi connectivity index (χ4v) is 3.57. The number of nitrogens with zero attached hydrogens (tertiary/aromatic N) is 2. The molecule has 1 fully saturated rings. The van der Waals surface area contributed by atoms with Crippen molar-refractivity contribution >= 4 is 5.91 Å². The number of nitrogens with one attached hydrogen (secondary N) is 1. The Morgan fingerprint density at radius 3 is 2.93 bits per heavy atom. The van der Waals surface area contributed by atoms with Crippen LogP contribution in [0.15, 0.2) is 57.9 Å². The van der Waals surface area contributed by atoms with E-state index in [-0.39, 0.29) is 29.0 Å². The van der Waals surface area contributed by atoms with E-state index >= 15 is 0 Å². The smallest absolute Gasteiger partial charge is 0.271 e. The lowest BCUT2D eigenvalue weighted by molar-refractivity contribution is 0.0563. The van der Waals surface area contributed by atoms with Crippen molar-refractivity contribution < 1.29 is 13.6 Å². The topological polar surface area (TPSA) is 79.2 Å². The number of hydrogen-bond acceptors (Lipinski definition) is 4. The average Bonchev–Trinajstić information content (AvgIpc) is 3.16. The molecule has 1 saturated heterocycles. The largest absolute Gasteiger partial charge is 0.443 e. The van der Waals surface area contributed by atoms with E-state index in [9.17, 15) is 14.0 Å². The molecule has 1 aromatic carbocycles. The number of oxazole rings is 1. The summed E-state index contributed by atoms with van der Waals surface area (Å²) in [5.74, 6) is 0.551. The zero-order chi connectivity index (χ0) is 19.5. The van der Waals surface area contributed by atoms with Crippen molar-refractivity contribution in [2.45, 2.75) is 31.7 Å². The number of carbonyl (C=O) groups is 1. The van der Waals surface area contributed by atoms with Crippen LogP contribution in [0.25, 0.3) is 0 Å². The van der Waals surface area contributed by atoms with Gasteiger partial charge in [-0.1, -0.05) is 18.2 Å². The van der Waals surface area contributed by atoms with E-state index in [0.717, 1.165) is 24.8 Å². The van der Waals surface area contributed by atoms with Crippen LogP contribution in [-0.2, 0) is 6.42 Å². The molecule has 3 aromatic rings. The van der Waals surface area contributed by atoms with Crippen LogP contribution in [0.4, 0.5) is 4.39 Å². The Morgan fingerprint density at radius 1 is 1.25 bits per heavy atom. The van der Waals surface area contributed by atoms with Gasteiger partial charge < -0.3 is 14.3 Å². The normalized spacial score (nSPS) is 16.9. The molecule has 6 nitrogen and oxygen atoms in total. The third-order valence-corrected chi connectivity index (χ3v) is 4.89. The van der Waals surface area contributed by atoms with E-state index < -0.39 is 0 Å². The van der Waals surface area contributed by atoms with Crippen LogP contribution in [0.1, 0.15) is 53.0 Å². The fourth-order valence-electron chi connectivity index (χ4n) is 3.57. The molecule has 0 radical (unpaired) electrons. The van der Waals surface area contributed by atoms with Gasteiger partial charge in [0.15, 0.2) is 0 Å². The van der Waals surface area contributed by atoms with Crippen LogP contribution in [-0.4, -0.2) is 27.3 Å². The third-order valence-electron chi connectivity index (χ3n) is 4.89. The van der Waals surface area contributed by atoms with E-state index in [4.69, 9.17) is 4.42 Å². The van der Waals surface area contributed by atoms with Crippen LogP contribution >= 0.6 is 0 Å². The van der Waals surface area contributed by atoms with Gasteiger partial charge in [0.1, 0.15) is 23.3 Å². The summed E-state index contributed by atoms with van der Waals surface area (Å²) in [5, 5.41) is 0. The van der Waals surface area contributed by atoms with Crippen molar-refractivity contribution in [2.75, 3.05) is 6.54 Å². The van der Waals surface area contributed by atoms with Gasteiger partial charge in [-0.05, 0) is 43.0 Å². The van der Waals surface area contributed by atoms with Crippen LogP contribution < -0.4 is 5.56 Å². The van der Waals surface area contributed by atoms with Gasteiger partial charge in [0.2, 0.25) is 11.4 Å². The zero-order valence-corrected chi connectivity index (χ0v) is 15.2. The lowest BCUT2D eigenvalue weighted by Gasteiger charge is -2.33. The second-order valence-electron chi connectivity index (χ2n) is 6.91. The number of carbonyl (C=O) groups excluding carboxylic acids is 1. The monoisotopic (exact) mass is 381 g/mol. The zero-order valence-electron chi connectivity index (χ0n) is 15.2. The number of pyridine rings is 1. The highest BCUT2D eigenvalue weighted by Crippen LogP contribution is 2.32. The molecule has 144 valence electrons. The highest BCUT2D eigenvalue weighted by atomic mass is 19.1.